The molecule has 1 N–H and O–H groups in total. The molecule has 2 aromatic heterocycles. The first kappa shape index (κ1) is 12.3. The first-order valence-corrected chi connectivity index (χ1v) is 6.07. The van der Waals surface area contributed by atoms with Crippen LogP contribution in [0, 0.1) is 0 Å². The second-order valence-electron chi connectivity index (χ2n) is 4.04. The van der Waals surface area contributed by atoms with E-state index in [9.17, 15) is 0 Å². The Morgan fingerprint density at radius 2 is 1.90 bits per heavy atom. The third-order valence-corrected chi connectivity index (χ3v) is 2.83. The Morgan fingerprint density at radius 3 is 2.65 bits per heavy atom. The quantitative estimate of drug-likeness (QED) is 0.786. The molecule has 0 saturated carbocycles. The molecule has 3 rings (SSSR count). The molecular formula is C14H13N3O3. The van der Waals surface area contributed by atoms with Gasteiger partial charge in [-0.1, -0.05) is 17.3 Å². The molecule has 0 fully saturated rings. The second kappa shape index (κ2) is 5.08. The van der Waals surface area contributed by atoms with E-state index in [1.54, 1.807) is 20.2 Å². The number of aromatic nitrogens is 2. The van der Waals surface area contributed by atoms with Crippen molar-refractivity contribution in [1.29, 1.82) is 0 Å². The van der Waals surface area contributed by atoms with Crippen molar-refractivity contribution < 1.29 is 14.0 Å². The van der Waals surface area contributed by atoms with Crippen LogP contribution >= 0.6 is 0 Å². The Kier molecular flexibility index (Phi) is 3.12. The minimum Gasteiger partial charge on any atom is -0.493 e. The standard InChI is InChI=1S/C14H13N3O3/c1-15-13-9-7-8-12(16-14(9)20-17-13)19-11-6-4-3-5-10(11)18-2/h3-8H,1-2H3,(H,15,17). The lowest BCUT2D eigenvalue weighted by Crippen LogP contribution is -1.92. The van der Waals surface area contributed by atoms with Crippen molar-refractivity contribution in [1.82, 2.24) is 10.1 Å². The molecule has 0 aliphatic heterocycles. The van der Waals surface area contributed by atoms with Crippen LogP contribution in [0.4, 0.5) is 5.82 Å². The molecule has 0 aliphatic rings. The molecule has 0 spiro atoms. The minimum absolute atomic E-state index is 0.417. The first-order valence-electron chi connectivity index (χ1n) is 6.07. The summed E-state index contributed by atoms with van der Waals surface area (Å²) in [7, 11) is 3.37. The summed E-state index contributed by atoms with van der Waals surface area (Å²) >= 11 is 0. The molecule has 2 heterocycles. The van der Waals surface area contributed by atoms with Crippen molar-refractivity contribution in [2.45, 2.75) is 0 Å². The number of benzene rings is 1. The molecule has 0 amide bonds. The topological polar surface area (TPSA) is 69.4 Å². The SMILES string of the molecule is CNc1noc2nc(Oc3ccccc3OC)ccc12. The van der Waals surface area contributed by atoms with Crippen molar-refractivity contribution in [2.24, 2.45) is 0 Å². The van der Waals surface area contributed by atoms with Crippen LogP contribution in [-0.2, 0) is 0 Å². The highest BCUT2D eigenvalue weighted by Crippen LogP contribution is 2.31. The van der Waals surface area contributed by atoms with E-state index in [0.29, 0.717) is 28.9 Å². The number of methoxy groups -OCH3 is 1. The number of anilines is 1. The fraction of sp³-hybridized carbons (Fsp3) is 0.143. The van der Waals surface area contributed by atoms with Gasteiger partial charge in [0.05, 0.1) is 12.5 Å². The Labute approximate surface area is 115 Å². The fourth-order valence-corrected chi connectivity index (χ4v) is 1.86. The summed E-state index contributed by atoms with van der Waals surface area (Å²) in [6.07, 6.45) is 0. The lowest BCUT2D eigenvalue weighted by atomic mass is 10.3. The average Bonchev–Trinajstić information content (AvgIpc) is 2.90. The van der Waals surface area contributed by atoms with E-state index >= 15 is 0 Å². The van der Waals surface area contributed by atoms with Crippen molar-refractivity contribution in [3.8, 4) is 17.4 Å². The first-order chi connectivity index (χ1) is 9.81. The Balaban J connectivity index is 1.95. The Bertz CT molecular complexity index is 739. The van der Waals surface area contributed by atoms with E-state index in [2.05, 4.69) is 15.5 Å². The molecule has 0 atom stereocenters. The minimum atomic E-state index is 0.417. The van der Waals surface area contributed by atoms with Crippen LogP contribution in [0.1, 0.15) is 0 Å². The summed E-state index contributed by atoms with van der Waals surface area (Å²) in [6, 6.07) is 11.0. The van der Waals surface area contributed by atoms with Crippen LogP contribution in [0.15, 0.2) is 40.9 Å². The predicted molar refractivity (Wildman–Crippen MR) is 74.4 cm³/mol. The zero-order chi connectivity index (χ0) is 13.9. The molecule has 20 heavy (non-hydrogen) atoms. The molecule has 6 nitrogen and oxygen atoms in total. The van der Waals surface area contributed by atoms with E-state index in [-0.39, 0.29) is 0 Å². The zero-order valence-corrected chi connectivity index (χ0v) is 11.1. The van der Waals surface area contributed by atoms with Crippen molar-refractivity contribution in [3.05, 3.63) is 36.4 Å². The Hall–Kier alpha value is -2.76. The average molecular weight is 271 g/mol. The summed E-state index contributed by atoms with van der Waals surface area (Å²) in [4.78, 5) is 4.27. The largest absolute Gasteiger partial charge is 0.493 e. The van der Waals surface area contributed by atoms with Crippen LogP contribution in [-0.4, -0.2) is 24.3 Å². The van der Waals surface area contributed by atoms with Gasteiger partial charge in [0.1, 0.15) is 0 Å². The lowest BCUT2D eigenvalue weighted by molar-refractivity contribution is 0.373. The van der Waals surface area contributed by atoms with Crippen LogP contribution < -0.4 is 14.8 Å². The number of rotatable bonds is 4. The fourth-order valence-electron chi connectivity index (χ4n) is 1.86. The van der Waals surface area contributed by atoms with Gasteiger partial charge >= 0.3 is 0 Å². The van der Waals surface area contributed by atoms with Crippen molar-refractivity contribution in [3.63, 3.8) is 0 Å². The Morgan fingerprint density at radius 1 is 1.10 bits per heavy atom. The maximum atomic E-state index is 5.71. The molecule has 0 bridgehead atoms. The molecule has 0 saturated heterocycles. The number of nitrogens with one attached hydrogen (secondary N) is 1. The highest BCUT2D eigenvalue weighted by atomic mass is 16.5. The van der Waals surface area contributed by atoms with Gasteiger partial charge < -0.3 is 19.3 Å². The highest BCUT2D eigenvalue weighted by molar-refractivity contribution is 5.85. The molecule has 102 valence electrons. The molecular weight excluding hydrogens is 258 g/mol. The van der Waals surface area contributed by atoms with E-state index in [1.807, 2.05) is 30.3 Å². The normalized spacial score (nSPS) is 10.5. The molecule has 1 aromatic carbocycles. The van der Waals surface area contributed by atoms with E-state index in [1.165, 1.54) is 0 Å². The molecule has 3 aromatic rings. The van der Waals surface area contributed by atoms with Gasteiger partial charge in [-0.05, 0) is 18.2 Å². The molecule has 0 radical (unpaired) electrons. The summed E-state index contributed by atoms with van der Waals surface area (Å²) < 4.78 is 16.1. The number of hydrogen-bond donors (Lipinski definition) is 1. The third-order valence-electron chi connectivity index (χ3n) is 2.83. The van der Waals surface area contributed by atoms with Crippen molar-refractivity contribution in [2.75, 3.05) is 19.5 Å². The summed E-state index contributed by atoms with van der Waals surface area (Å²) in [5.41, 5.74) is 0.418. The van der Waals surface area contributed by atoms with Gasteiger partial charge in [-0.3, -0.25) is 0 Å². The van der Waals surface area contributed by atoms with Crippen molar-refractivity contribution >= 4 is 16.9 Å². The maximum absolute atomic E-state index is 5.71. The molecule has 6 heteroatoms. The number of hydrogen-bond acceptors (Lipinski definition) is 6. The number of nitrogens with zero attached hydrogens (tertiary/aromatic N) is 2. The zero-order valence-electron chi connectivity index (χ0n) is 11.1. The third kappa shape index (κ3) is 2.11. The number of pyridine rings is 1. The van der Waals surface area contributed by atoms with Gasteiger partial charge in [-0.25, -0.2) is 0 Å². The second-order valence-corrected chi connectivity index (χ2v) is 4.04. The summed E-state index contributed by atoms with van der Waals surface area (Å²) in [6.45, 7) is 0. The predicted octanol–water partition coefficient (Wildman–Crippen LogP) is 3.07. The lowest BCUT2D eigenvalue weighted by Gasteiger charge is -2.08. The highest BCUT2D eigenvalue weighted by Gasteiger charge is 2.11. The van der Waals surface area contributed by atoms with E-state index < -0.39 is 0 Å². The van der Waals surface area contributed by atoms with Crippen LogP contribution in [0.25, 0.3) is 11.1 Å². The monoisotopic (exact) mass is 271 g/mol. The number of fused-ring (bicyclic) bond motifs is 1. The van der Waals surface area contributed by atoms with Gasteiger partial charge in [0.25, 0.3) is 5.71 Å². The van der Waals surface area contributed by atoms with Crippen LogP contribution in [0.5, 0.6) is 17.4 Å². The van der Waals surface area contributed by atoms with Gasteiger partial charge in [-0.15, -0.1) is 0 Å². The van der Waals surface area contributed by atoms with Gasteiger partial charge in [-0.2, -0.15) is 4.98 Å². The van der Waals surface area contributed by atoms with Gasteiger partial charge in [0.2, 0.25) is 5.88 Å². The molecule has 0 unspecified atom stereocenters. The van der Waals surface area contributed by atoms with Gasteiger partial charge in [0, 0.05) is 13.1 Å². The summed E-state index contributed by atoms with van der Waals surface area (Å²) in [5, 5.41) is 7.60. The summed E-state index contributed by atoms with van der Waals surface area (Å²) in [5.74, 6) is 2.30. The smallest absolute Gasteiger partial charge is 0.263 e. The maximum Gasteiger partial charge on any atom is 0.263 e. The van der Waals surface area contributed by atoms with E-state index in [4.69, 9.17) is 14.0 Å². The van der Waals surface area contributed by atoms with E-state index in [0.717, 1.165) is 5.39 Å². The molecule has 0 aliphatic carbocycles. The van der Waals surface area contributed by atoms with Crippen LogP contribution in [0.2, 0.25) is 0 Å². The van der Waals surface area contributed by atoms with Gasteiger partial charge in [0.15, 0.2) is 17.3 Å². The number of ether oxygens (including phenoxy) is 2. The number of para-hydroxylation sites is 2. The van der Waals surface area contributed by atoms with Crippen LogP contribution in [0.3, 0.4) is 0 Å².